The van der Waals surface area contributed by atoms with E-state index in [1.807, 2.05) is 20.8 Å². The lowest BCUT2D eigenvalue weighted by Crippen LogP contribution is -2.72. The van der Waals surface area contributed by atoms with Crippen molar-refractivity contribution in [2.24, 2.45) is 17.6 Å². The number of Topliss-reactive ketones (excluding diaryl/α,β-unsaturated/α-hetero) is 2. The minimum Gasteiger partial charge on any atom is -0.507 e. The number of fused-ring (bicyclic) bond motifs is 3. The molecule has 0 saturated heterocycles. The number of nitrogens with two attached hydrogens (primary N) is 1. The highest BCUT2D eigenvalue weighted by Gasteiger charge is 2.66. The number of phenols is 2. The lowest BCUT2D eigenvalue weighted by atomic mass is 9.57. The Morgan fingerprint density at radius 2 is 1.74 bits per heavy atom. The number of carbonyl (C=O) groups is 3. The van der Waals surface area contributed by atoms with E-state index in [-0.39, 0.29) is 23.1 Å². The van der Waals surface area contributed by atoms with Crippen LogP contribution in [0.3, 0.4) is 0 Å². The molecule has 0 bridgehead atoms. The summed E-state index contributed by atoms with van der Waals surface area (Å²) in [5, 5.41) is 45.5. The number of hydrogen-bond donors (Lipinski definition) is 5. The largest absolute Gasteiger partial charge is 0.507 e. The maximum absolute atomic E-state index is 13.9. The van der Waals surface area contributed by atoms with Crippen LogP contribution in [0.4, 0.5) is 0 Å². The Bertz CT molecular complexity index is 1290. The van der Waals surface area contributed by atoms with Gasteiger partial charge in [-0.15, -0.1) is 0 Å². The second kappa shape index (κ2) is 7.74. The molecular formula is C26H32N2O7. The van der Waals surface area contributed by atoms with Crippen LogP contribution in [0.5, 0.6) is 11.5 Å². The molecule has 2 aliphatic rings. The van der Waals surface area contributed by atoms with Crippen LogP contribution in [-0.2, 0) is 21.4 Å². The number of ketones is 2. The van der Waals surface area contributed by atoms with E-state index in [9.17, 15) is 34.8 Å². The first-order chi connectivity index (χ1) is 16.1. The summed E-state index contributed by atoms with van der Waals surface area (Å²) in [5.41, 5.74) is 3.56. The summed E-state index contributed by atoms with van der Waals surface area (Å²) in [7, 11) is 3.22. The predicted molar refractivity (Wildman–Crippen MR) is 128 cm³/mol. The Labute approximate surface area is 203 Å². The quantitative estimate of drug-likeness (QED) is 0.393. The smallest absolute Gasteiger partial charge is 0.230 e. The van der Waals surface area contributed by atoms with Crippen LogP contribution in [0.25, 0.3) is 10.8 Å². The summed E-state index contributed by atoms with van der Waals surface area (Å²) >= 11 is 0. The van der Waals surface area contributed by atoms with Gasteiger partial charge >= 0.3 is 0 Å². The Kier molecular flexibility index (Phi) is 5.55. The van der Waals surface area contributed by atoms with Gasteiger partial charge in [0.1, 0.15) is 17.4 Å². The van der Waals surface area contributed by atoms with Gasteiger partial charge in [-0.05, 0) is 49.4 Å². The van der Waals surface area contributed by atoms with E-state index >= 15 is 0 Å². The fourth-order valence-corrected chi connectivity index (χ4v) is 6.05. The topological polar surface area (TPSA) is 161 Å². The number of aliphatic hydroxyl groups excluding tert-OH is 1. The third kappa shape index (κ3) is 3.22. The summed E-state index contributed by atoms with van der Waals surface area (Å²) in [6, 6.07) is 2.59. The molecule has 35 heavy (non-hydrogen) atoms. The molecule has 6 N–H and O–H groups in total. The van der Waals surface area contributed by atoms with Gasteiger partial charge in [-0.2, -0.15) is 0 Å². The molecule has 9 nitrogen and oxygen atoms in total. The van der Waals surface area contributed by atoms with Crippen molar-refractivity contribution < 1.29 is 34.8 Å². The molecule has 2 aliphatic carbocycles. The van der Waals surface area contributed by atoms with Gasteiger partial charge in [0.15, 0.2) is 11.4 Å². The number of carbonyl (C=O) groups excluding carboxylic acids is 3. The number of primary amides is 1. The summed E-state index contributed by atoms with van der Waals surface area (Å²) in [5.74, 6) is -7.00. The highest BCUT2D eigenvalue weighted by atomic mass is 16.3. The van der Waals surface area contributed by atoms with Crippen molar-refractivity contribution in [1.29, 1.82) is 0 Å². The van der Waals surface area contributed by atoms with Crippen LogP contribution in [0.1, 0.15) is 47.8 Å². The highest BCUT2D eigenvalue weighted by molar-refractivity contribution is 6.26. The number of likely N-dealkylation sites (N-methyl/N-ethyl adjacent to an activating group) is 1. The molecule has 1 saturated carbocycles. The van der Waals surface area contributed by atoms with Crippen molar-refractivity contribution in [3.8, 4) is 11.5 Å². The molecule has 4 rings (SSSR count). The van der Waals surface area contributed by atoms with E-state index in [0.29, 0.717) is 22.1 Å². The van der Waals surface area contributed by atoms with Crippen molar-refractivity contribution in [2.45, 2.75) is 57.3 Å². The standard InChI is InChI=1S/C26H32N2O7/c1-10-11-7-8-13(25(2,3)4)19(29)15(11)20(30)16-12(10)9-14-18(28(5)6)21(31)17(24(27)34)23(33)26(14,35)22(16)32/h7-8,14,17-18,21,29-31,35H,9H2,1-6H3,(H2,27,34)/t14-,17?,18-,21?,26-/m0/s1. The molecule has 0 aromatic heterocycles. The number of benzene rings is 2. The highest BCUT2D eigenvalue weighted by Crippen LogP contribution is 2.51. The first kappa shape index (κ1) is 25.1. The molecule has 9 heteroatoms. The molecule has 1 amide bonds. The number of aliphatic hydroxyl groups is 2. The Balaban J connectivity index is 2.06. The van der Waals surface area contributed by atoms with Crippen LogP contribution in [-0.4, -0.2) is 74.6 Å². The maximum Gasteiger partial charge on any atom is 0.230 e. The van der Waals surface area contributed by atoms with Gasteiger partial charge in [0.05, 0.1) is 17.1 Å². The molecule has 1 fully saturated rings. The van der Waals surface area contributed by atoms with Crippen LogP contribution in [0.2, 0.25) is 0 Å². The first-order valence-corrected chi connectivity index (χ1v) is 11.5. The first-order valence-electron chi connectivity index (χ1n) is 11.5. The van der Waals surface area contributed by atoms with E-state index in [1.165, 1.54) is 0 Å². The van der Waals surface area contributed by atoms with E-state index in [1.54, 1.807) is 38.1 Å². The normalized spacial score (nSPS) is 28.8. The molecule has 0 heterocycles. The number of amides is 1. The van der Waals surface area contributed by atoms with Crippen molar-refractivity contribution in [3.05, 3.63) is 34.4 Å². The second-order valence-corrected chi connectivity index (χ2v) is 11.1. The monoisotopic (exact) mass is 484 g/mol. The summed E-state index contributed by atoms with van der Waals surface area (Å²) < 4.78 is 0. The Morgan fingerprint density at radius 3 is 2.26 bits per heavy atom. The van der Waals surface area contributed by atoms with Crippen molar-refractivity contribution in [3.63, 3.8) is 0 Å². The van der Waals surface area contributed by atoms with Gasteiger partial charge in [-0.1, -0.05) is 32.9 Å². The van der Waals surface area contributed by atoms with Gasteiger partial charge < -0.3 is 31.1 Å². The summed E-state index contributed by atoms with van der Waals surface area (Å²) in [4.78, 5) is 40.9. The molecule has 2 unspecified atom stereocenters. The van der Waals surface area contributed by atoms with E-state index in [2.05, 4.69) is 0 Å². The number of aromatic hydroxyl groups is 2. The zero-order valence-corrected chi connectivity index (χ0v) is 20.7. The lowest BCUT2D eigenvalue weighted by Gasteiger charge is -2.51. The predicted octanol–water partition coefficient (Wildman–Crippen LogP) is 0.918. The molecule has 2 aromatic rings. The fourth-order valence-electron chi connectivity index (χ4n) is 6.05. The van der Waals surface area contributed by atoms with Gasteiger partial charge in [-0.25, -0.2) is 0 Å². The number of hydrogen-bond acceptors (Lipinski definition) is 8. The molecule has 0 spiro atoms. The SMILES string of the molecule is Cc1c2c(c(O)c3c(O)c(C(C)(C)C)ccc13)C(=O)[C@]1(O)C(=O)C(C(N)=O)C(O)[C@@H](N(C)C)[C@@H]1C2. The number of rotatable bonds is 2. The van der Waals surface area contributed by atoms with Gasteiger partial charge in [0, 0.05) is 17.5 Å². The summed E-state index contributed by atoms with van der Waals surface area (Å²) in [6.45, 7) is 7.43. The van der Waals surface area contributed by atoms with Crippen molar-refractivity contribution >= 4 is 28.2 Å². The zero-order chi connectivity index (χ0) is 26.4. The molecular weight excluding hydrogens is 452 g/mol. The molecule has 0 radical (unpaired) electrons. The van der Waals surface area contributed by atoms with E-state index in [0.717, 1.165) is 0 Å². The molecule has 0 aliphatic heterocycles. The average Bonchev–Trinajstić information content (AvgIpc) is 2.72. The molecule has 188 valence electrons. The lowest BCUT2D eigenvalue weighted by molar-refractivity contribution is -0.169. The average molecular weight is 485 g/mol. The Morgan fingerprint density at radius 1 is 1.14 bits per heavy atom. The maximum atomic E-state index is 13.9. The third-order valence-electron chi connectivity index (χ3n) is 7.82. The minimum atomic E-state index is -2.68. The van der Waals surface area contributed by atoms with Crippen LogP contribution in [0.15, 0.2) is 12.1 Å². The van der Waals surface area contributed by atoms with Gasteiger partial charge in [0.2, 0.25) is 11.7 Å². The Hall–Kier alpha value is -3.01. The van der Waals surface area contributed by atoms with Crippen LogP contribution < -0.4 is 5.73 Å². The van der Waals surface area contributed by atoms with Gasteiger partial charge in [-0.3, -0.25) is 14.4 Å². The summed E-state index contributed by atoms with van der Waals surface area (Å²) in [6.07, 6.45) is -1.55. The number of nitrogens with zero attached hydrogens (tertiary/aromatic N) is 1. The van der Waals surface area contributed by atoms with Crippen molar-refractivity contribution in [2.75, 3.05) is 14.1 Å². The van der Waals surface area contributed by atoms with Crippen LogP contribution in [0, 0.1) is 18.8 Å². The zero-order valence-electron chi connectivity index (χ0n) is 20.7. The third-order valence-corrected chi connectivity index (χ3v) is 7.82. The van der Waals surface area contributed by atoms with E-state index < -0.39 is 58.2 Å². The van der Waals surface area contributed by atoms with Gasteiger partial charge in [0.25, 0.3) is 0 Å². The number of aryl methyl sites for hydroxylation is 1. The second-order valence-electron chi connectivity index (χ2n) is 11.1. The fraction of sp³-hybridized carbons (Fsp3) is 0.500. The molecule has 5 atom stereocenters. The number of phenolic OH excluding ortho intramolecular Hbond substituents is 2. The van der Waals surface area contributed by atoms with E-state index in [4.69, 9.17) is 5.73 Å². The van der Waals surface area contributed by atoms with Crippen molar-refractivity contribution in [1.82, 2.24) is 4.90 Å². The molecule has 2 aromatic carbocycles. The van der Waals surface area contributed by atoms with Crippen LogP contribution >= 0.6 is 0 Å². The minimum absolute atomic E-state index is 0.0220.